The second-order valence-corrected chi connectivity index (χ2v) is 6.85. The van der Waals surface area contributed by atoms with Crippen LogP contribution in [0.25, 0.3) is 11.0 Å². The minimum atomic E-state index is -0.461. The van der Waals surface area contributed by atoms with Crippen LogP contribution in [0.5, 0.6) is 0 Å². The summed E-state index contributed by atoms with van der Waals surface area (Å²) in [5.74, 6) is 0.550. The maximum Gasteiger partial charge on any atom is 0.151 e. The Kier molecular flexibility index (Phi) is 3.41. The Balaban J connectivity index is 2.83. The van der Waals surface area contributed by atoms with E-state index >= 15 is 0 Å². The fourth-order valence-corrected chi connectivity index (χ4v) is 2.33. The van der Waals surface area contributed by atoms with Crippen LogP contribution in [-0.2, 0) is 5.41 Å². The highest BCUT2D eigenvalue weighted by Gasteiger charge is 2.40. The molecule has 0 saturated carbocycles. The highest BCUT2D eigenvalue weighted by atomic mass is 19.1. The summed E-state index contributed by atoms with van der Waals surface area (Å²) < 4.78 is 16.1. The van der Waals surface area contributed by atoms with Gasteiger partial charge in [0, 0.05) is 17.0 Å². The Morgan fingerprint density at radius 2 is 1.80 bits per heavy atom. The number of benzene rings is 1. The van der Waals surface area contributed by atoms with E-state index in [9.17, 15) is 4.39 Å². The molecule has 2 aromatic rings. The van der Waals surface area contributed by atoms with Crippen molar-refractivity contribution >= 4 is 11.0 Å². The van der Waals surface area contributed by atoms with Gasteiger partial charge in [-0.25, -0.2) is 9.37 Å². The van der Waals surface area contributed by atoms with Crippen molar-refractivity contribution in [2.24, 2.45) is 5.73 Å². The molecule has 2 N–H and O–H groups in total. The monoisotopic (exact) mass is 277 g/mol. The first-order valence-corrected chi connectivity index (χ1v) is 7.03. The molecule has 0 aliphatic rings. The Morgan fingerprint density at radius 3 is 2.30 bits per heavy atom. The average molecular weight is 277 g/mol. The SMILES string of the molecule is CC(C)n1c(C(C)(C)C(C)(C)N)nc2c(F)cccc21. The van der Waals surface area contributed by atoms with Gasteiger partial charge in [-0.1, -0.05) is 19.9 Å². The average Bonchev–Trinajstić information content (AvgIpc) is 2.68. The Morgan fingerprint density at radius 1 is 1.20 bits per heavy atom. The molecule has 0 fully saturated rings. The first-order valence-electron chi connectivity index (χ1n) is 7.03. The summed E-state index contributed by atoms with van der Waals surface area (Å²) in [5.41, 5.74) is 6.74. The molecule has 0 bridgehead atoms. The summed E-state index contributed by atoms with van der Waals surface area (Å²) >= 11 is 0. The van der Waals surface area contributed by atoms with Gasteiger partial charge in [0.05, 0.1) is 5.52 Å². The number of nitrogens with two attached hydrogens (primary N) is 1. The van der Waals surface area contributed by atoms with Crippen molar-refractivity contribution in [1.29, 1.82) is 0 Å². The molecule has 1 aromatic carbocycles. The number of imidazole rings is 1. The van der Waals surface area contributed by atoms with Crippen LogP contribution in [0.1, 0.15) is 53.4 Å². The van der Waals surface area contributed by atoms with Crippen molar-refractivity contribution in [3.05, 3.63) is 29.8 Å². The van der Waals surface area contributed by atoms with Gasteiger partial charge in [0.2, 0.25) is 0 Å². The summed E-state index contributed by atoms with van der Waals surface area (Å²) in [5, 5.41) is 0. The molecule has 0 radical (unpaired) electrons. The minimum Gasteiger partial charge on any atom is -0.325 e. The number of fused-ring (bicyclic) bond motifs is 1. The van der Waals surface area contributed by atoms with E-state index in [0.717, 1.165) is 11.3 Å². The van der Waals surface area contributed by atoms with Crippen LogP contribution in [0, 0.1) is 5.82 Å². The molecule has 0 spiro atoms. The molecule has 0 amide bonds. The first kappa shape index (κ1) is 15.0. The standard InChI is InChI=1S/C16H24FN3/c1-10(2)20-12-9-7-8-11(17)13(12)19-14(20)15(3,4)16(5,6)18/h7-10H,18H2,1-6H3. The van der Waals surface area contributed by atoms with Gasteiger partial charge in [-0.15, -0.1) is 0 Å². The van der Waals surface area contributed by atoms with Gasteiger partial charge < -0.3 is 10.3 Å². The molecule has 2 rings (SSSR count). The van der Waals surface area contributed by atoms with E-state index in [0.29, 0.717) is 5.52 Å². The number of hydrogen-bond donors (Lipinski definition) is 1. The van der Waals surface area contributed by atoms with E-state index in [-0.39, 0.29) is 17.3 Å². The van der Waals surface area contributed by atoms with Crippen LogP contribution in [0.2, 0.25) is 0 Å². The van der Waals surface area contributed by atoms with Crippen molar-refractivity contribution in [2.75, 3.05) is 0 Å². The Labute approximate surface area is 120 Å². The molecule has 0 saturated heterocycles. The van der Waals surface area contributed by atoms with Crippen molar-refractivity contribution in [1.82, 2.24) is 9.55 Å². The van der Waals surface area contributed by atoms with E-state index in [1.165, 1.54) is 6.07 Å². The molecular weight excluding hydrogens is 253 g/mol. The second-order valence-electron chi connectivity index (χ2n) is 6.85. The highest BCUT2D eigenvalue weighted by molar-refractivity contribution is 5.77. The molecule has 0 aliphatic heterocycles. The van der Waals surface area contributed by atoms with E-state index in [1.807, 2.05) is 19.9 Å². The zero-order chi connectivity index (χ0) is 15.3. The molecule has 3 nitrogen and oxygen atoms in total. The summed E-state index contributed by atoms with van der Waals surface area (Å²) in [6.45, 7) is 12.2. The number of para-hydroxylation sites is 1. The van der Waals surface area contributed by atoms with Gasteiger partial charge in [-0.3, -0.25) is 0 Å². The van der Waals surface area contributed by atoms with Crippen molar-refractivity contribution in [3.8, 4) is 0 Å². The Bertz CT molecular complexity index is 633. The Hall–Kier alpha value is -1.42. The van der Waals surface area contributed by atoms with Crippen LogP contribution < -0.4 is 5.73 Å². The number of nitrogens with zero attached hydrogens (tertiary/aromatic N) is 2. The third kappa shape index (κ3) is 2.12. The number of hydrogen-bond acceptors (Lipinski definition) is 2. The normalized spacial score (nSPS) is 13.4. The molecule has 0 atom stereocenters. The van der Waals surface area contributed by atoms with Gasteiger partial charge in [0.25, 0.3) is 0 Å². The highest BCUT2D eigenvalue weighted by Crippen LogP contribution is 2.36. The van der Waals surface area contributed by atoms with Gasteiger partial charge in [-0.2, -0.15) is 0 Å². The topological polar surface area (TPSA) is 43.8 Å². The maximum absolute atomic E-state index is 14.0. The zero-order valence-corrected chi connectivity index (χ0v) is 13.2. The molecule has 0 aliphatic carbocycles. The van der Waals surface area contributed by atoms with Gasteiger partial charge in [0.15, 0.2) is 5.82 Å². The second kappa shape index (κ2) is 4.55. The lowest BCUT2D eigenvalue weighted by molar-refractivity contribution is 0.279. The van der Waals surface area contributed by atoms with Crippen molar-refractivity contribution in [3.63, 3.8) is 0 Å². The fourth-order valence-electron chi connectivity index (χ4n) is 2.33. The van der Waals surface area contributed by atoms with Crippen molar-refractivity contribution < 1.29 is 4.39 Å². The smallest absolute Gasteiger partial charge is 0.151 e. The summed E-state index contributed by atoms with van der Waals surface area (Å²) in [7, 11) is 0. The maximum atomic E-state index is 14.0. The van der Waals surface area contributed by atoms with Crippen LogP contribution in [0.15, 0.2) is 18.2 Å². The third-order valence-corrected chi connectivity index (χ3v) is 4.36. The molecular formula is C16H24FN3. The third-order valence-electron chi connectivity index (χ3n) is 4.36. The summed E-state index contributed by atoms with van der Waals surface area (Å²) in [6, 6.07) is 5.28. The van der Waals surface area contributed by atoms with E-state index in [1.54, 1.807) is 6.07 Å². The summed E-state index contributed by atoms with van der Waals surface area (Å²) in [4.78, 5) is 4.58. The lowest BCUT2D eigenvalue weighted by Gasteiger charge is -2.38. The molecule has 20 heavy (non-hydrogen) atoms. The van der Waals surface area contributed by atoms with Crippen molar-refractivity contribution in [2.45, 2.75) is 58.5 Å². The number of halogens is 1. The van der Waals surface area contributed by atoms with E-state index in [4.69, 9.17) is 5.73 Å². The predicted octanol–water partition coefficient (Wildman–Crippen LogP) is 3.77. The van der Waals surface area contributed by atoms with Crippen LogP contribution in [0.4, 0.5) is 4.39 Å². The van der Waals surface area contributed by atoms with Gasteiger partial charge in [-0.05, 0) is 39.8 Å². The minimum absolute atomic E-state index is 0.193. The first-order chi connectivity index (χ1) is 9.07. The van der Waals surface area contributed by atoms with Crippen LogP contribution >= 0.6 is 0 Å². The number of aromatic nitrogens is 2. The molecule has 4 heteroatoms. The quantitative estimate of drug-likeness (QED) is 0.928. The lowest BCUT2D eigenvalue weighted by Crippen LogP contribution is -2.51. The van der Waals surface area contributed by atoms with Gasteiger partial charge in [0.1, 0.15) is 11.3 Å². The molecule has 1 aromatic heterocycles. The van der Waals surface area contributed by atoms with Crippen LogP contribution in [0.3, 0.4) is 0 Å². The summed E-state index contributed by atoms with van der Waals surface area (Å²) in [6.07, 6.45) is 0. The molecule has 0 unspecified atom stereocenters. The number of rotatable bonds is 3. The zero-order valence-electron chi connectivity index (χ0n) is 13.2. The van der Waals surface area contributed by atoms with E-state index < -0.39 is 5.54 Å². The largest absolute Gasteiger partial charge is 0.325 e. The predicted molar refractivity (Wildman–Crippen MR) is 81.4 cm³/mol. The van der Waals surface area contributed by atoms with Gasteiger partial charge >= 0.3 is 0 Å². The molecule has 1 heterocycles. The van der Waals surface area contributed by atoms with E-state index in [2.05, 4.69) is 37.2 Å². The fraction of sp³-hybridized carbons (Fsp3) is 0.562. The lowest BCUT2D eigenvalue weighted by atomic mass is 9.74. The molecule has 110 valence electrons. The van der Waals surface area contributed by atoms with Crippen LogP contribution in [-0.4, -0.2) is 15.1 Å².